The molecule has 25 heavy (non-hydrogen) atoms. The van der Waals surface area contributed by atoms with Crippen LogP contribution in [0.2, 0.25) is 0 Å². The summed E-state index contributed by atoms with van der Waals surface area (Å²) in [5.41, 5.74) is 2.58. The van der Waals surface area contributed by atoms with Gasteiger partial charge >= 0.3 is 0 Å². The van der Waals surface area contributed by atoms with E-state index in [0.29, 0.717) is 12.8 Å². The maximum atomic E-state index is 12.4. The number of hydrogen-bond acceptors (Lipinski definition) is 6. The van der Waals surface area contributed by atoms with E-state index in [1.807, 2.05) is 41.1 Å². The Morgan fingerprint density at radius 2 is 2.16 bits per heavy atom. The van der Waals surface area contributed by atoms with Crippen molar-refractivity contribution in [2.75, 3.05) is 7.11 Å². The molecule has 0 unspecified atom stereocenters. The lowest BCUT2D eigenvalue weighted by atomic mass is 10.1. The number of ether oxygens (including phenoxy) is 1. The number of rotatable bonds is 6. The molecule has 0 saturated heterocycles. The van der Waals surface area contributed by atoms with Gasteiger partial charge in [-0.05, 0) is 23.6 Å². The van der Waals surface area contributed by atoms with Gasteiger partial charge in [0.1, 0.15) is 22.1 Å². The zero-order valence-electron chi connectivity index (χ0n) is 13.5. The summed E-state index contributed by atoms with van der Waals surface area (Å²) in [5.74, 6) is 0.870. The highest BCUT2D eigenvalue weighted by Crippen LogP contribution is 2.28. The third kappa shape index (κ3) is 3.36. The van der Waals surface area contributed by atoms with Gasteiger partial charge in [0.15, 0.2) is 0 Å². The zero-order valence-corrected chi connectivity index (χ0v) is 15.2. The van der Waals surface area contributed by atoms with E-state index < -0.39 is 0 Å². The van der Waals surface area contributed by atoms with E-state index in [2.05, 4.69) is 4.98 Å². The number of fused-ring (bicyclic) bond motifs is 1. The number of thiophene rings is 1. The Labute approximate surface area is 152 Å². The van der Waals surface area contributed by atoms with Gasteiger partial charge in [-0.15, -0.1) is 22.7 Å². The van der Waals surface area contributed by atoms with E-state index in [-0.39, 0.29) is 5.78 Å². The third-order valence-corrected chi connectivity index (χ3v) is 5.67. The van der Waals surface area contributed by atoms with Crippen molar-refractivity contribution in [2.24, 2.45) is 0 Å². The highest BCUT2D eigenvalue weighted by molar-refractivity contribution is 7.14. The largest absolute Gasteiger partial charge is 0.497 e. The Morgan fingerprint density at radius 3 is 2.96 bits per heavy atom. The fourth-order valence-corrected chi connectivity index (χ4v) is 4.28. The smallest absolute Gasteiger partial charge is 0.144 e. The van der Waals surface area contributed by atoms with Crippen molar-refractivity contribution in [3.8, 4) is 16.3 Å². The molecule has 0 aliphatic rings. The standard InChI is InChI=1S/C19H15NO3S2/c1-22-14-4-5-15-12(10-23-17(15)9-14)7-13(21)8-19-20-16(11-25-19)18-3-2-6-24-18/h2-6,9-11H,7-8H2,1H3. The van der Waals surface area contributed by atoms with Gasteiger partial charge in [0.25, 0.3) is 0 Å². The second kappa shape index (κ2) is 6.82. The topological polar surface area (TPSA) is 52.3 Å². The van der Waals surface area contributed by atoms with Crippen molar-refractivity contribution in [2.45, 2.75) is 12.8 Å². The molecule has 126 valence electrons. The van der Waals surface area contributed by atoms with Gasteiger partial charge in [0.2, 0.25) is 0 Å². The number of aromatic nitrogens is 1. The number of Topliss-reactive ketones (excluding diaryl/α,β-unsaturated/α-hetero) is 1. The zero-order chi connectivity index (χ0) is 17.2. The molecule has 3 aromatic heterocycles. The Balaban J connectivity index is 1.47. The molecule has 3 heterocycles. The maximum absolute atomic E-state index is 12.4. The summed E-state index contributed by atoms with van der Waals surface area (Å²) in [4.78, 5) is 18.1. The Hall–Kier alpha value is -2.44. The fourth-order valence-electron chi connectivity index (χ4n) is 2.70. The SMILES string of the molecule is COc1ccc2c(CC(=O)Cc3nc(-c4cccs4)cs3)coc2c1. The summed E-state index contributed by atoms with van der Waals surface area (Å²) in [6, 6.07) is 9.68. The molecule has 0 amide bonds. The summed E-state index contributed by atoms with van der Waals surface area (Å²) >= 11 is 3.19. The molecular formula is C19H15NO3S2. The van der Waals surface area contributed by atoms with Crippen molar-refractivity contribution >= 4 is 39.4 Å². The van der Waals surface area contributed by atoms with Crippen molar-refractivity contribution in [1.82, 2.24) is 4.98 Å². The summed E-state index contributed by atoms with van der Waals surface area (Å²) in [7, 11) is 1.62. The molecule has 0 fully saturated rings. The molecule has 0 aliphatic carbocycles. The molecule has 0 spiro atoms. The summed E-state index contributed by atoms with van der Waals surface area (Å²) < 4.78 is 10.7. The van der Waals surface area contributed by atoms with E-state index >= 15 is 0 Å². The van der Waals surface area contributed by atoms with E-state index in [9.17, 15) is 4.79 Å². The van der Waals surface area contributed by atoms with Crippen LogP contribution in [0.4, 0.5) is 0 Å². The first-order valence-corrected chi connectivity index (χ1v) is 9.53. The highest BCUT2D eigenvalue weighted by Gasteiger charge is 2.14. The fraction of sp³-hybridized carbons (Fsp3) is 0.158. The molecule has 0 saturated carbocycles. The van der Waals surface area contributed by atoms with E-state index in [4.69, 9.17) is 9.15 Å². The van der Waals surface area contributed by atoms with Crippen LogP contribution in [0.25, 0.3) is 21.5 Å². The minimum Gasteiger partial charge on any atom is -0.497 e. The second-order valence-corrected chi connectivity index (χ2v) is 7.51. The van der Waals surface area contributed by atoms with Crippen LogP contribution in [0.1, 0.15) is 10.6 Å². The number of furan rings is 1. The van der Waals surface area contributed by atoms with Crippen molar-refractivity contribution in [1.29, 1.82) is 0 Å². The highest BCUT2D eigenvalue weighted by atomic mass is 32.1. The molecule has 4 rings (SSSR count). The first kappa shape index (κ1) is 16.1. The van der Waals surface area contributed by atoms with Gasteiger partial charge in [-0.2, -0.15) is 0 Å². The maximum Gasteiger partial charge on any atom is 0.144 e. The molecule has 0 radical (unpaired) electrons. The second-order valence-electron chi connectivity index (χ2n) is 5.62. The predicted molar refractivity (Wildman–Crippen MR) is 101 cm³/mol. The number of methoxy groups -OCH3 is 1. The Bertz CT molecular complexity index is 1010. The van der Waals surface area contributed by atoms with Crippen molar-refractivity contribution in [3.63, 3.8) is 0 Å². The first-order chi connectivity index (χ1) is 12.2. The third-order valence-electron chi connectivity index (χ3n) is 3.92. The monoisotopic (exact) mass is 369 g/mol. The predicted octanol–water partition coefficient (Wildman–Crippen LogP) is 4.98. The molecule has 0 N–H and O–H groups in total. The van der Waals surface area contributed by atoms with Gasteiger partial charge in [-0.25, -0.2) is 4.98 Å². The molecular weight excluding hydrogens is 354 g/mol. The normalized spacial score (nSPS) is 11.1. The van der Waals surface area contributed by atoms with Crippen LogP contribution in [-0.2, 0) is 17.6 Å². The number of benzene rings is 1. The first-order valence-electron chi connectivity index (χ1n) is 7.77. The number of ketones is 1. The van der Waals surface area contributed by atoms with Crippen molar-refractivity contribution < 1.29 is 13.9 Å². The molecule has 6 heteroatoms. The van der Waals surface area contributed by atoms with Crippen molar-refractivity contribution in [3.05, 3.63) is 57.9 Å². The molecule has 0 bridgehead atoms. The lowest BCUT2D eigenvalue weighted by Crippen LogP contribution is -2.06. The van der Waals surface area contributed by atoms with E-state index in [1.54, 1.807) is 24.7 Å². The van der Waals surface area contributed by atoms with Crippen LogP contribution in [0.5, 0.6) is 5.75 Å². The number of nitrogens with zero attached hydrogens (tertiary/aromatic N) is 1. The van der Waals surface area contributed by atoms with Gasteiger partial charge in [-0.1, -0.05) is 6.07 Å². The molecule has 4 aromatic rings. The van der Waals surface area contributed by atoms with Gasteiger partial charge in [-0.3, -0.25) is 4.79 Å². The number of carbonyl (C=O) groups excluding carboxylic acids is 1. The van der Waals surface area contributed by atoms with E-state index in [1.165, 1.54) is 11.3 Å². The molecule has 1 aromatic carbocycles. The number of carbonyl (C=O) groups is 1. The average Bonchev–Trinajstić information content (AvgIpc) is 3.35. The van der Waals surface area contributed by atoms with Crippen LogP contribution in [0.3, 0.4) is 0 Å². The minimum atomic E-state index is 0.130. The van der Waals surface area contributed by atoms with Crippen LogP contribution in [0, 0.1) is 0 Å². The minimum absolute atomic E-state index is 0.130. The van der Waals surface area contributed by atoms with Crippen LogP contribution in [0.15, 0.2) is 51.8 Å². The lowest BCUT2D eigenvalue weighted by molar-refractivity contribution is -0.117. The lowest BCUT2D eigenvalue weighted by Gasteiger charge is -2.00. The average molecular weight is 369 g/mol. The summed E-state index contributed by atoms with van der Waals surface area (Å²) in [6.07, 6.45) is 2.34. The van der Waals surface area contributed by atoms with Gasteiger partial charge in [0.05, 0.1) is 30.4 Å². The Kier molecular flexibility index (Phi) is 4.38. The molecule has 0 atom stereocenters. The summed E-state index contributed by atoms with van der Waals surface area (Å²) in [5, 5.41) is 5.84. The summed E-state index contributed by atoms with van der Waals surface area (Å²) in [6.45, 7) is 0. The van der Waals surface area contributed by atoms with Gasteiger partial charge < -0.3 is 9.15 Å². The number of hydrogen-bond donors (Lipinski definition) is 0. The van der Waals surface area contributed by atoms with E-state index in [0.717, 1.165) is 37.9 Å². The molecule has 4 nitrogen and oxygen atoms in total. The van der Waals surface area contributed by atoms with Crippen LogP contribution >= 0.6 is 22.7 Å². The number of thiazole rings is 1. The quantitative estimate of drug-likeness (QED) is 0.481. The molecule has 0 aliphatic heterocycles. The van der Waals surface area contributed by atoms with Crippen LogP contribution < -0.4 is 4.74 Å². The van der Waals surface area contributed by atoms with Gasteiger partial charge in [0, 0.05) is 28.8 Å². The van der Waals surface area contributed by atoms with Crippen LogP contribution in [-0.4, -0.2) is 17.9 Å². The Morgan fingerprint density at radius 1 is 1.24 bits per heavy atom.